The zero-order chi connectivity index (χ0) is 19.2. The number of hydrogen-bond donors (Lipinski definition) is 3. The zero-order valence-corrected chi connectivity index (χ0v) is 14.7. The SMILES string of the molecule is NC(=O)c1ccccc1NC(=O)Cc1csc(NC(=O)c2ncccn2)n1. The smallest absolute Gasteiger partial charge is 0.295 e. The second-order valence-corrected chi connectivity index (χ2v) is 6.16. The van der Waals surface area contributed by atoms with E-state index in [-0.39, 0.29) is 23.7 Å². The Morgan fingerprint density at radius 2 is 1.78 bits per heavy atom. The molecule has 0 radical (unpaired) electrons. The van der Waals surface area contributed by atoms with Gasteiger partial charge in [0, 0.05) is 17.8 Å². The first-order chi connectivity index (χ1) is 13.0. The van der Waals surface area contributed by atoms with Crippen molar-refractivity contribution in [1.82, 2.24) is 15.0 Å². The first kappa shape index (κ1) is 18.1. The number of anilines is 2. The van der Waals surface area contributed by atoms with Gasteiger partial charge in [0.25, 0.3) is 11.8 Å². The lowest BCUT2D eigenvalue weighted by Crippen LogP contribution is -2.19. The highest BCUT2D eigenvalue weighted by Gasteiger charge is 2.14. The van der Waals surface area contributed by atoms with E-state index in [1.165, 1.54) is 29.8 Å². The Kier molecular flexibility index (Phi) is 5.47. The molecule has 0 aliphatic carbocycles. The predicted octanol–water partition coefficient (Wildman–Crippen LogP) is 1.47. The van der Waals surface area contributed by atoms with E-state index < -0.39 is 11.8 Å². The molecule has 0 saturated carbocycles. The van der Waals surface area contributed by atoms with Crippen molar-refractivity contribution in [2.45, 2.75) is 6.42 Å². The van der Waals surface area contributed by atoms with Crippen LogP contribution in [0.5, 0.6) is 0 Å². The minimum atomic E-state index is -0.632. The highest BCUT2D eigenvalue weighted by atomic mass is 32.1. The molecular weight excluding hydrogens is 368 g/mol. The quantitative estimate of drug-likeness (QED) is 0.590. The number of hydrogen-bond acceptors (Lipinski definition) is 7. The number of thiazole rings is 1. The van der Waals surface area contributed by atoms with Gasteiger partial charge in [-0.1, -0.05) is 12.1 Å². The Balaban J connectivity index is 1.62. The fourth-order valence-electron chi connectivity index (χ4n) is 2.18. The first-order valence-corrected chi connectivity index (χ1v) is 8.62. The second kappa shape index (κ2) is 8.15. The summed E-state index contributed by atoms with van der Waals surface area (Å²) in [5, 5.41) is 7.19. The molecule has 9 nitrogen and oxygen atoms in total. The summed E-state index contributed by atoms with van der Waals surface area (Å²) < 4.78 is 0. The lowest BCUT2D eigenvalue weighted by atomic mass is 10.1. The number of para-hydroxylation sites is 1. The molecule has 0 fully saturated rings. The summed E-state index contributed by atoms with van der Waals surface area (Å²) in [6.45, 7) is 0. The molecule has 3 rings (SSSR count). The number of amides is 3. The third kappa shape index (κ3) is 4.70. The van der Waals surface area contributed by atoms with Crippen molar-refractivity contribution in [2.75, 3.05) is 10.6 Å². The molecule has 27 heavy (non-hydrogen) atoms. The van der Waals surface area contributed by atoms with E-state index in [1.54, 1.807) is 29.6 Å². The Morgan fingerprint density at radius 1 is 1.04 bits per heavy atom. The number of primary amides is 1. The number of carbonyl (C=O) groups excluding carboxylic acids is 3. The van der Waals surface area contributed by atoms with Crippen LogP contribution in [-0.2, 0) is 11.2 Å². The summed E-state index contributed by atoms with van der Waals surface area (Å²) in [5.74, 6) is -1.46. The molecule has 0 aliphatic rings. The molecule has 2 heterocycles. The fraction of sp³-hybridized carbons (Fsp3) is 0.0588. The van der Waals surface area contributed by atoms with Crippen LogP contribution in [0.4, 0.5) is 10.8 Å². The number of carbonyl (C=O) groups is 3. The van der Waals surface area contributed by atoms with Gasteiger partial charge in [0.2, 0.25) is 11.7 Å². The van der Waals surface area contributed by atoms with Gasteiger partial charge in [-0.25, -0.2) is 15.0 Å². The summed E-state index contributed by atoms with van der Waals surface area (Å²) in [6, 6.07) is 8.06. The molecule has 0 saturated heterocycles. The number of nitrogens with zero attached hydrogens (tertiary/aromatic N) is 3. The highest BCUT2D eigenvalue weighted by Crippen LogP contribution is 2.18. The van der Waals surface area contributed by atoms with Crippen LogP contribution in [0.1, 0.15) is 26.7 Å². The number of aromatic nitrogens is 3. The Bertz CT molecular complexity index is 989. The molecule has 0 bridgehead atoms. The van der Waals surface area contributed by atoms with Crippen molar-refractivity contribution in [3.63, 3.8) is 0 Å². The monoisotopic (exact) mass is 382 g/mol. The highest BCUT2D eigenvalue weighted by molar-refractivity contribution is 7.14. The maximum atomic E-state index is 12.2. The van der Waals surface area contributed by atoms with Gasteiger partial charge in [-0.2, -0.15) is 0 Å². The van der Waals surface area contributed by atoms with E-state index >= 15 is 0 Å². The predicted molar refractivity (Wildman–Crippen MR) is 99.4 cm³/mol. The van der Waals surface area contributed by atoms with Gasteiger partial charge in [0.15, 0.2) is 5.13 Å². The average molecular weight is 382 g/mol. The van der Waals surface area contributed by atoms with E-state index in [0.29, 0.717) is 16.5 Å². The minimum Gasteiger partial charge on any atom is -0.366 e. The van der Waals surface area contributed by atoms with Gasteiger partial charge in [-0.15, -0.1) is 11.3 Å². The maximum absolute atomic E-state index is 12.2. The average Bonchev–Trinajstić information content (AvgIpc) is 3.09. The zero-order valence-electron chi connectivity index (χ0n) is 13.9. The van der Waals surface area contributed by atoms with E-state index in [0.717, 1.165) is 0 Å². The Morgan fingerprint density at radius 3 is 2.52 bits per heavy atom. The van der Waals surface area contributed by atoms with Crippen molar-refractivity contribution in [1.29, 1.82) is 0 Å². The number of benzene rings is 1. The van der Waals surface area contributed by atoms with Crippen molar-refractivity contribution in [2.24, 2.45) is 5.73 Å². The molecule has 136 valence electrons. The third-order valence-corrected chi connectivity index (χ3v) is 4.16. The molecular formula is C17H14N6O3S. The van der Waals surface area contributed by atoms with Crippen LogP contribution in [0.25, 0.3) is 0 Å². The minimum absolute atomic E-state index is 0.0232. The van der Waals surface area contributed by atoms with Crippen LogP contribution in [0.15, 0.2) is 48.1 Å². The van der Waals surface area contributed by atoms with E-state index in [9.17, 15) is 14.4 Å². The first-order valence-electron chi connectivity index (χ1n) is 7.74. The van der Waals surface area contributed by atoms with Crippen molar-refractivity contribution in [3.05, 3.63) is 65.2 Å². The van der Waals surface area contributed by atoms with E-state index in [1.807, 2.05) is 0 Å². The Labute approximate surface area is 157 Å². The molecule has 1 aromatic carbocycles. The second-order valence-electron chi connectivity index (χ2n) is 5.31. The van der Waals surface area contributed by atoms with Crippen LogP contribution in [0.3, 0.4) is 0 Å². The molecule has 3 amide bonds. The van der Waals surface area contributed by atoms with Crippen LogP contribution < -0.4 is 16.4 Å². The number of rotatable bonds is 6. The molecule has 0 unspecified atom stereocenters. The maximum Gasteiger partial charge on any atom is 0.295 e. The van der Waals surface area contributed by atoms with Gasteiger partial charge < -0.3 is 11.1 Å². The van der Waals surface area contributed by atoms with E-state index in [2.05, 4.69) is 25.6 Å². The molecule has 0 aliphatic heterocycles. The van der Waals surface area contributed by atoms with Gasteiger partial charge in [0.1, 0.15) is 0 Å². The molecule has 0 spiro atoms. The Hall–Kier alpha value is -3.66. The normalized spacial score (nSPS) is 10.2. The molecule has 4 N–H and O–H groups in total. The molecule has 0 atom stereocenters. The van der Waals surface area contributed by atoms with Crippen LogP contribution in [0.2, 0.25) is 0 Å². The van der Waals surface area contributed by atoms with Crippen LogP contribution in [-0.4, -0.2) is 32.7 Å². The van der Waals surface area contributed by atoms with Crippen LogP contribution >= 0.6 is 11.3 Å². The lowest BCUT2D eigenvalue weighted by Gasteiger charge is -2.07. The molecule has 2 aromatic heterocycles. The standard InChI is InChI=1S/C17H14N6O3S/c18-14(25)11-4-1-2-5-12(11)22-13(24)8-10-9-27-17(21-10)23-16(26)15-19-6-3-7-20-15/h1-7,9H,8H2,(H2,18,25)(H,22,24)(H,21,23,26). The summed E-state index contributed by atoms with van der Waals surface area (Å²) in [4.78, 5) is 47.5. The lowest BCUT2D eigenvalue weighted by molar-refractivity contribution is -0.115. The summed E-state index contributed by atoms with van der Waals surface area (Å²) in [7, 11) is 0. The van der Waals surface area contributed by atoms with E-state index in [4.69, 9.17) is 5.73 Å². The van der Waals surface area contributed by atoms with Crippen molar-refractivity contribution >= 4 is 39.9 Å². The summed E-state index contributed by atoms with van der Waals surface area (Å²) in [5.41, 5.74) is 6.32. The summed E-state index contributed by atoms with van der Waals surface area (Å²) in [6.07, 6.45) is 2.90. The number of nitrogens with one attached hydrogen (secondary N) is 2. The third-order valence-electron chi connectivity index (χ3n) is 3.35. The van der Waals surface area contributed by atoms with Gasteiger partial charge in [-0.05, 0) is 18.2 Å². The van der Waals surface area contributed by atoms with Gasteiger partial charge in [0.05, 0.1) is 23.4 Å². The van der Waals surface area contributed by atoms with Crippen molar-refractivity contribution < 1.29 is 14.4 Å². The van der Waals surface area contributed by atoms with Gasteiger partial charge >= 0.3 is 0 Å². The van der Waals surface area contributed by atoms with Crippen molar-refractivity contribution in [3.8, 4) is 0 Å². The largest absolute Gasteiger partial charge is 0.366 e. The topological polar surface area (TPSA) is 140 Å². The molecule has 10 heteroatoms. The van der Waals surface area contributed by atoms with Crippen LogP contribution in [0, 0.1) is 0 Å². The summed E-state index contributed by atoms with van der Waals surface area (Å²) >= 11 is 1.18. The fourth-order valence-corrected chi connectivity index (χ4v) is 2.89. The number of nitrogens with two attached hydrogens (primary N) is 1. The molecule has 3 aromatic rings. The van der Waals surface area contributed by atoms with Gasteiger partial charge in [-0.3, -0.25) is 19.7 Å².